The normalized spacial score (nSPS) is 20.8. The van der Waals surface area contributed by atoms with E-state index in [1.54, 1.807) is 13.2 Å². The predicted molar refractivity (Wildman–Crippen MR) is 135 cm³/mol. The summed E-state index contributed by atoms with van der Waals surface area (Å²) in [5.41, 5.74) is 2.72. The van der Waals surface area contributed by atoms with Gasteiger partial charge in [-0.3, -0.25) is 4.79 Å². The Morgan fingerprint density at radius 1 is 0.971 bits per heavy atom. The largest absolute Gasteiger partial charge is 0.496 e. The Morgan fingerprint density at radius 3 is 2.34 bits per heavy atom. The van der Waals surface area contributed by atoms with Crippen LogP contribution in [0.15, 0.2) is 30.3 Å². The van der Waals surface area contributed by atoms with Gasteiger partial charge in [0, 0.05) is 18.7 Å². The van der Waals surface area contributed by atoms with Gasteiger partial charge in [0.25, 0.3) is 0 Å². The second kappa shape index (κ2) is 9.75. The van der Waals surface area contributed by atoms with Gasteiger partial charge in [0.1, 0.15) is 11.6 Å². The highest BCUT2D eigenvalue weighted by molar-refractivity contribution is 5.98. The van der Waals surface area contributed by atoms with Crippen molar-refractivity contribution in [2.75, 3.05) is 56.4 Å². The molecule has 5 rings (SSSR count). The molecule has 4 heterocycles. The molecule has 3 aromatic rings. The fourth-order valence-electron chi connectivity index (χ4n) is 4.70. The smallest absolute Gasteiger partial charge is 0.229 e. The van der Waals surface area contributed by atoms with Crippen molar-refractivity contribution in [2.24, 2.45) is 0 Å². The van der Waals surface area contributed by atoms with E-state index < -0.39 is 0 Å². The highest BCUT2D eigenvalue weighted by atomic mass is 16.5. The molecule has 0 amide bonds. The first-order chi connectivity index (χ1) is 17.0. The Bertz CT molecular complexity index is 1250. The Hall–Kier alpha value is -3.30. The highest BCUT2D eigenvalue weighted by Gasteiger charge is 2.27. The Morgan fingerprint density at radius 2 is 1.69 bits per heavy atom. The van der Waals surface area contributed by atoms with E-state index in [1.165, 1.54) is 6.92 Å². The van der Waals surface area contributed by atoms with Crippen LogP contribution in [0.1, 0.15) is 31.1 Å². The summed E-state index contributed by atoms with van der Waals surface area (Å²) < 4.78 is 16.7. The van der Waals surface area contributed by atoms with E-state index in [0.717, 1.165) is 35.6 Å². The molecule has 9 heteroatoms. The summed E-state index contributed by atoms with van der Waals surface area (Å²) in [6.07, 6.45) is 0. The fourth-order valence-corrected chi connectivity index (χ4v) is 4.70. The molecule has 0 saturated carbocycles. The molecular weight excluding hydrogens is 446 g/mol. The summed E-state index contributed by atoms with van der Waals surface area (Å²) in [6.45, 7) is 9.87. The number of pyridine rings is 1. The number of fused-ring (bicyclic) bond motifs is 1. The zero-order chi connectivity index (χ0) is 24.5. The zero-order valence-corrected chi connectivity index (χ0v) is 20.7. The lowest BCUT2D eigenvalue weighted by molar-refractivity contribution is 0.0973. The molecule has 2 aromatic heterocycles. The number of aromatic nitrogens is 3. The number of ketones is 1. The van der Waals surface area contributed by atoms with E-state index in [-0.39, 0.29) is 17.9 Å². The molecule has 35 heavy (non-hydrogen) atoms. The summed E-state index contributed by atoms with van der Waals surface area (Å²) in [5, 5.41) is 0.896. The van der Waals surface area contributed by atoms with Gasteiger partial charge < -0.3 is 24.0 Å². The van der Waals surface area contributed by atoms with Crippen molar-refractivity contribution < 1.29 is 19.0 Å². The minimum atomic E-state index is -0.0565. The monoisotopic (exact) mass is 477 g/mol. The van der Waals surface area contributed by atoms with Crippen LogP contribution < -0.4 is 14.5 Å². The quantitative estimate of drug-likeness (QED) is 0.513. The molecule has 0 aliphatic carbocycles. The lowest BCUT2D eigenvalue weighted by atomic mass is 10.0. The van der Waals surface area contributed by atoms with Crippen LogP contribution in [0.3, 0.4) is 0 Å². The number of rotatable bonds is 5. The average Bonchev–Trinajstić information content (AvgIpc) is 2.88. The minimum Gasteiger partial charge on any atom is -0.496 e. The lowest BCUT2D eigenvalue weighted by Crippen LogP contribution is -2.46. The molecule has 2 aliphatic rings. The molecule has 184 valence electrons. The summed E-state index contributed by atoms with van der Waals surface area (Å²) >= 11 is 0. The van der Waals surface area contributed by atoms with Gasteiger partial charge in [-0.15, -0.1) is 0 Å². The SMILES string of the molecule is COc1ccc(-c2ccc3c(N4CCOC[C@@H]4C)nc(N4CCOC[C@@H]4C)nc3n2)cc1C(C)=O. The number of nitrogens with zero attached hydrogens (tertiary/aromatic N) is 5. The number of anilines is 2. The van der Waals surface area contributed by atoms with Crippen molar-refractivity contribution in [3.63, 3.8) is 0 Å². The van der Waals surface area contributed by atoms with Crippen LogP contribution >= 0.6 is 0 Å². The molecule has 2 aliphatic heterocycles. The van der Waals surface area contributed by atoms with Crippen molar-refractivity contribution >= 4 is 28.6 Å². The van der Waals surface area contributed by atoms with Crippen molar-refractivity contribution in [1.82, 2.24) is 15.0 Å². The number of ether oxygens (including phenoxy) is 3. The Labute approximate surface area is 205 Å². The molecule has 0 bridgehead atoms. The van der Waals surface area contributed by atoms with E-state index in [1.807, 2.05) is 24.3 Å². The molecule has 2 fully saturated rings. The van der Waals surface area contributed by atoms with Gasteiger partial charge in [0.2, 0.25) is 5.95 Å². The van der Waals surface area contributed by atoms with Crippen molar-refractivity contribution in [3.8, 4) is 17.0 Å². The molecule has 2 atom stereocenters. The number of carbonyl (C=O) groups is 1. The molecular formula is C26H31N5O4. The van der Waals surface area contributed by atoms with Crippen LogP contribution in [0.25, 0.3) is 22.3 Å². The third-order valence-electron chi connectivity index (χ3n) is 6.67. The van der Waals surface area contributed by atoms with Gasteiger partial charge in [-0.05, 0) is 51.1 Å². The standard InChI is InChI=1S/C26H31N5O4/c1-16-14-34-11-9-30(16)25-20-6-7-22(19-5-8-23(33-4)21(13-19)18(3)32)27-24(20)28-26(29-25)31-10-12-35-15-17(31)2/h5-8,13,16-17H,9-12,14-15H2,1-4H3/t16-,17-/m0/s1. The number of hydrogen-bond donors (Lipinski definition) is 0. The molecule has 9 nitrogen and oxygen atoms in total. The molecule has 0 radical (unpaired) electrons. The maximum Gasteiger partial charge on any atom is 0.229 e. The maximum absolute atomic E-state index is 12.2. The first-order valence-corrected chi connectivity index (χ1v) is 12.0. The predicted octanol–water partition coefficient (Wildman–Crippen LogP) is 3.35. The van der Waals surface area contributed by atoms with Crippen LogP contribution in [0, 0.1) is 0 Å². The lowest BCUT2D eigenvalue weighted by Gasteiger charge is -2.37. The van der Waals surface area contributed by atoms with E-state index in [9.17, 15) is 4.79 Å². The molecule has 0 spiro atoms. The van der Waals surface area contributed by atoms with Crippen molar-refractivity contribution in [2.45, 2.75) is 32.9 Å². The number of methoxy groups -OCH3 is 1. The van der Waals surface area contributed by atoms with Crippen LogP contribution in [0.5, 0.6) is 5.75 Å². The van der Waals surface area contributed by atoms with Gasteiger partial charge in [-0.1, -0.05) is 0 Å². The summed E-state index contributed by atoms with van der Waals surface area (Å²) in [5.74, 6) is 2.03. The third-order valence-corrected chi connectivity index (χ3v) is 6.67. The van der Waals surface area contributed by atoms with Gasteiger partial charge in [0.05, 0.1) is 62.3 Å². The van der Waals surface area contributed by atoms with Gasteiger partial charge in [-0.2, -0.15) is 9.97 Å². The van der Waals surface area contributed by atoms with E-state index in [2.05, 4.69) is 23.6 Å². The summed E-state index contributed by atoms with van der Waals surface area (Å²) in [4.78, 5) is 31.5. The first kappa shape index (κ1) is 23.4. The highest BCUT2D eigenvalue weighted by Crippen LogP contribution is 2.32. The average molecular weight is 478 g/mol. The number of benzene rings is 1. The molecule has 1 aromatic carbocycles. The van der Waals surface area contributed by atoms with Crippen LogP contribution in [-0.2, 0) is 9.47 Å². The van der Waals surface area contributed by atoms with E-state index in [0.29, 0.717) is 49.3 Å². The number of Topliss-reactive ketones (excluding diaryl/α,β-unsaturated/α-hetero) is 1. The van der Waals surface area contributed by atoms with Crippen molar-refractivity contribution in [3.05, 3.63) is 35.9 Å². The Balaban J connectivity index is 1.65. The second-order valence-electron chi connectivity index (χ2n) is 9.12. The van der Waals surface area contributed by atoms with Crippen LogP contribution in [0.4, 0.5) is 11.8 Å². The van der Waals surface area contributed by atoms with Gasteiger partial charge in [0.15, 0.2) is 11.4 Å². The summed E-state index contributed by atoms with van der Waals surface area (Å²) in [7, 11) is 1.56. The minimum absolute atomic E-state index is 0.0565. The summed E-state index contributed by atoms with van der Waals surface area (Å²) in [6, 6.07) is 9.89. The maximum atomic E-state index is 12.2. The van der Waals surface area contributed by atoms with E-state index >= 15 is 0 Å². The van der Waals surface area contributed by atoms with E-state index in [4.69, 9.17) is 29.2 Å². The van der Waals surface area contributed by atoms with Crippen molar-refractivity contribution in [1.29, 1.82) is 0 Å². The number of hydrogen-bond acceptors (Lipinski definition) is 9. The van der Waals surface area contributed by atoms with Gasteiger partial charge in [-0.25, -0.2) is 4.98 Å². The van der Waals surface area contributed by atoms with Crippen LogP contribution in [-0.4, -0.2) is 79.4 Å². The number of morpholine rings is 2. The van der Waals surface area contributed by atoms with Gasteiger partial charge >= 0.3 is 0 Å². The molecule has 0 unspecified atom stereocenters. The zero-order valence-electron chi connectivity index (χ0n) is 20.7. The molecule has 2 saturated heterocycles. The molecule has 0 N–H and O–H groups in total. The second-order valence-corrected chi connectivity index (χ2v) is 9.12. The van der Waals surface area contributed by atoms with Crippen LogP contribution in [0.2, 0.25) is 0 Å². The third kappa shape index (κ3) is 4.53. The first-order valence-electron chi connectivity index (χ1n) is 12.0. The number of carbonyl (C=O) groups excluding carboxylic acids is 1. The topological polar surface area (TPSA) is 89.9 Å². The fraction of sp³-hybridized carbons (Fsp3) is 0.462. The Kier molecular flexibility index (Phi) is 6.53.